The standard InChI is InChI=1S/C25H34FN3O4S/c1-6-23(25(31)27-15-18(2)3)28(16-20-12-10-19(4)11-13-20)24(30)17-29(34(5,32)33)22-9-7-8-21(26)14-22/h7-14,18,23H,6,15-17H2,1-5H3,(H,27,31). The fourth-order valence-electron chi connectivity index (χ4n) is 3.48. The molecule has 1 unspecified atom stereocenters. The Kier molecular flexibility index (Phi) is 9.61. The quantitative estimate of drug-likeness (QED) is 0.521. The topological polar surface area (TPSA) is 86.8 Å². The Balaban J connectivity index is 2.41. The molecule has 0 aromatic heterocycles. The number of amides is 2. The van der Waals surface area contributed by atoms with Gasteiger partial charge in [-0.3, -0.25) is 13.9 Å². The van der Waals surface area contributed by atoms with E-state index in [9.17, 15) is 22.4 Å². The Morgan fingerprint density at radius 2 is 1.74 bits per heavy atom. The first-order valence-corrected chi connectivity index (χ1v) is 13.1. The molecular formula is C25H34FN3O4S. The number of benzene rings is 2. The van der Waals surface area contributed by atoms with E-state index >= 15 is 0 Å². The van der Waals surface area contributed by atoms with Crippen LogP contribution in [-0.4, -0.2) is 50.5 Å². The zero-order valence-corrected chi connectivity index (χ0v) is 21.2. The van der Waals surface area contributed by atoms with E-state index in [1.54, 1.807) is 6.92 Å². The molecule has 1 N–H and O–H groups in total. The van der Waals surface area contributed by atoms with Crippen LogP contribution in [0.3, 0.4) is 0 Å². The number of hydrogen-bond donors (Lipinski definition) is 1. The van der Waals surface area contributed by atoms with Crippen LogP contribution >= 0.6 is 0 Å². The highest BCUT2D eigenvalue weighted by molar-refractivity contribution is 7.92. The molecule has 2 rings (SSSR count). The van der Waals surface area contributed by atoms with Crippen molar-refractivity contribution in [2.75, 3.05) is 23.7 Å². The summed E-state index contributed by atoms with van der Waals surface area (Å²) < 4.78 is 39.7. The molecule has 0 spiro atoms. The molecule has 2 aromatic carbocycles. The summed E-state index contributed by atoms with van der Waals surface area (Å²) in [4.78, 5) is 27.9. The van der Waals surface area contributed by atoms with Crippen molar-refractivity contribution >= 4 is 27.5 Å². The summed E-state index contributed by atoms with van der Waals surface area (Å²) in [6, 6.07) is 11.8. The highest BCUT2D eigenvalue weighted by atomic mass is 32.2. The molecule has 0 saturated carbocycles. The van der Waals surface area contributed by atoms with Crippen LogP contribution < -0.4 is 9.62 Å². The van der Waals surface area contributed by atoms with E-state index in [4.69, 9.17) is 0 Å². The van der Waals surface area contributed by atoms with Crippen LogP contribution in [0.5, 0.6) is 0 Å². The molecule has 9 heteroatoms. The highest BCUT2D eigenvalue weighted by Gasteiger charge is 2.31. The number of nitrogens with one attached hydrogen (secondary N) is 1. The molecule has 7 nitrogen and oxygen atoms in total. The summed E-state index contributed by atoms with van der Waals surface area (Å²) in [6.45, 7) is 7.73. The predicted molar refractivity (Wildman–Crippen MR) is 132 cm³/mol. The lowest BCUT2D eigenvalue weighted by Crippen LogP contribution is -2.52. The molecule has 1 atom stereocenters. The van der Waals surface area contributed by atoms with Crippen LogP contribution in [0.2, 0.25) is 0 Å². The summed E-state index contributed by atoms with van der Waals surface area (Å²) in [5.74, 6) is -1.24. The summed E-state index contributed by atoms with van der Waals surface area (Å²) >= 11 is 0. The molecule has 0 aliphatic rings. The lowest BCUT2D eigenvalue weighted by Gasteiger charge is -2.33. The van der Waals surface area contributed by atoms with Crippen LogP contribution in [0.15, 0.2) is 48.5 Å². The molecule has 186 valence electrons. The van der Waals surface area contributed by atoms with E-state index in [0.29, 0.717) is 13.0 Å². The number of carbonyl (C=O) groups excluding carboxylic acids is 2. The Hall–Kier alpha value is -2.94. The first-order chi connectivity index (χ1) is 15.9. The maximum atomic E-state index is 13.8. The van der Waals surface area contributed by atoms with Gasteiger partial charge in [-0.1, -0.05) is 56.7 Å². The molecule has 2 aromatic rings. The smallest absolute Gasteiger partial charge is 0.244 e. The number of rotatable bonds is 11. The zero-order valence-electron chi connectivity index (χ0n) is 20.4. The van der Waals surface area contributed by atoms with E-state index in [-0.39, 0.29) is 24.1 Å². The number of carbonyl (C=O) groups is 2. The van der Waals surface area contributed by atoms with Gasteiger partial charge in [-0.15, -0.1) is 0 Å². The summed E-state index contributed by atoms with van der Waals surface area (Å²) in [7, 11) is -3.90. The molecule has 0 aliphatic carbocycles. The summed E-state index contributed by atoms with van der Waals surface area (Å²) in [5.41, 5.74) is 1.91. The zero-order chi connectivity index (χ0) is 25.5. The summed E-state index contributed by atoms with van der Waals surface area (Å²) in [6.07, 6.45) is 1.31. The monoisotopic (exact) mass is 491 g/mol. The second-order valence-corrected chi connectivity index (χ2v) is 10.7. The van der Waals surface area contributed by atoms with Gasteiger partial charge in [0, 0.05) is 13.1 Å². The van der Waals surface area contributed by atoms with Gasteiger partial charge in [0.05, 0.1) is 11.9 Å². The molecule has 0 radical (unpaired) electrons. The maximum absolute atomic E-state index is 13.8. The van der Waals surface area contributed by atoms with Crippen molar-refractivity contribution in [2.45, 2.75) is 46.7 Å². The van der Waals surface area contributed by atoms with Gasteiger partial charge in [0.1, 0.15) is 18.4 Å². The van der Waals surface area contributed by atoms with E-state index < -0.39 is 34.3 Å². The van der Waals surface area contributed by atoms with Crippen LogP contribution in [0.1, 0.15) is 38.3 Å². The third kappa shape index (κ3) is 7.83. The largest absolute Gasteiger partial charge is 0.354 e. The number of hydrogen-bond acceptors (Lipinski definition) is 4. The number of halogens is 1. The minimum atomic E-state index is -3.90. The van der Waals surface area contributed by atoms with Crippen molar-refractivity contribution in [3.63, 3.8) is 0 Å². The minimum absolute atomic E-state index is 0.0449. The van der Waals surface area contributed by atoms with Gasteiger partial charge in [-0.25, -0.2) is 12.8 Å². The average Bonchev–Trinajstić information content (AvgIpc) is 2.76. The lowest BCUT2D eigenvalue weighted by atomic mass is 10.1. The minimum Gasteiger partial charge on any atom is -0.354 e. The first-order valence-electron chi connectivity index (χ1n) is 11.3. The molecule has 2 amide bonds. The van der Waals surface area contributed by atoms with Gasteiger partial charge in [0.25, 0.3) is 0 Å². The average molecular weight is 492 g/mol. The lowest BCUT2D eigenvalue weighted by molar-refractivity contribution is -0.140. The molecule has 0 bridgehead atoms. The van der Waals surface area contributed by atoms with Gasteiger partial charge < -0.3 is 10.2 Å². The number of anilines is 1. The fraction of sp³-hybridized carbons (Fsp3) is 0.440. The van der Waals surface area contributed by atoms with Gasteiger partial charge in [0.2, 0.25) is 21.8 Å². The Morgan fingerprint density at radius 3 is 2.26 bits per heavy atom. The third-order valence-electron chi connectivity index (χ3n) is 5.32. The third-order valence-corrected chi connectivity index (χ3v) is 6.46. The van der Waals surface area contributed by atoms with E-state index in [1.807, 2.05) is 45.0 Å². The Labute approximate surface area is 202 Å². The van der Waals surface area contributed by atoms with Gasteiger partial charge in [0.15, 0.2) is 0 Å². The number of sulfonamides is 1. The molecule has 0 aliphatic heterocycles. The van der Waals surface area contributed by atoms with Gasteiger partial charge in [-0.05, 0) is 43.0 Å². The van der Waals surface area contributed by atoms with Gasteiger partial charge >= 0.3 is 0 Å². The molecule has 0 saturated heterocycles. The second-order valence-electron chi connectivity index (χ2n) is 8.82. The van der Waals surface area contributed by atoms with Crippen molar-refractivity contribution < 1.29 is 22.4 Å². The van der Waals surface area contributed by atoms with Crippen LogP contribution in [0.4, 0.5) is 10.1 Å². The van der Waals surface area contributed by atoms with Crippen LogP contribution in [0, 0.1) is 18.7 Å². The second kappa shape index (κ2) is 12.0. The Bertz CT molecular complexity index is 1090. The molecule has 34 heavy (non-hydrogen) atoms. The van der Waals surface area contributed by atoms with E-state index in [2.05, 4.69) is 5.32 Å². The number of nitrogens with zero attached hydrogens (tertiary/aromatic N) is 2. The van der Waals surface area contributed by atoms with E-state index in [0.717, 1.165) is 27.8 Å². The Morgan fingerprint density at radius 1 is 1.09 bits per heavy atom. The summed E-state index contributed by atoms with van der Waals surface area (Å²) in [5, 5.41) is 2.87. The normalized spacial score (nSPS) is 12.3. The van der Waals surface area contributed by atoms with Crippen molar-refractivity contribution in [3.8, 4) is 0 Å². The van der Waals surface area contributed by atoms with Crippen molar-refractivity contribution in [3.05, 3.63) is 65.5 Å². The molecule has 0 fully saturated rings. The van der Waals surface area contributed by atoms with Crippen molar-refractivity contribution in [1.29, 1.82) is 0 Å². The first kappa shape index (κ1) is 27.3. The van der Waals surface area contributed by atoms with Crippen molar-refractivity contribution in [2.24, 2.45) is 5.92 Å². The van der Waals surface area contributed by atoms with E-state index in [1.165, 1.54) is 23.1 Å². The maximum Gasteiger partial charge on any atom is 0.244 e. The molecule has 0 heterocycles. The number of aryl methyl sites for hydroxylation is 1. The highest BCUT2D eigenvalue weighted by Crippen LogP contribution is 2.20. The van der Waals surface area contributed by atoms with Crippen LogP contribution in [-0.2, 0) is 26.2 Å². The van der Waals surface area contributed by atoms with Gasteiger partial charge in [-0.2, -0.15) is 0 Å². The van der Waals surface area contributed by atoms with Crippen molar-refractivity contribution in [1.82, 2.24) is 10.2 Å². The van der Waals surface area contributed by atoms with Crippen LogP contribution in [0.25, 0.3) is 0 Å². The molecular weight excluding hydrogens is 457 g/mol. The fourth-order valence-corrected chi connectivity index (χ4v) is 4.32. The predicted octanol–water partition coefficient (Wildman–Crippen LogP) is 3.48. The SMILES string of the molecule is CCC(C(=O)NCC(C)C)N(Cc1ccc(C)cc1)C(=O)CN(c1cccc(F)c1)S(C)(=O)=O.